The van der Waals surface area contributed by atoms with Gasteiger partial charge in [-0.05, 0) is 6.08 Å². The summed E-state index contributed by atoms with van der Waals surface area (Å²) < 4.78 is 0. The van der Waals surface area contributed by atoms with Crippen molar-refractivity contribution in [3.8, 4) is 0 Å². The Balaban J connectivity index is 2.42. The first-order chi connectivity index (χ1) is 4.84. The maximum Gasteiger partial charge on any atom is 0.124 e. The van der Waals surface area contributed by atoms with Crippen LogP contribution in [0.1, 0.15) is 6.92 Å². The number of hydrazine groups is 1. The third kappa shape index (κ3) is 1.57. The molecule has 0 aliphatic carbocycles. The average molecular weight is 139 g/mol. The van der Waals surface area contributed by atoms with E-state index in [0.29, 0.717) is 0 Å². The van der Waals surface area contributed by atoms with Gasteiger partial charge in [0.2, 0.25) is 0 Å². The van der Waals surface area contributed by atoms with E-state index >= 15 is 0 Å². The molecule has 0 unspecified atom stereocenters. The lowest BCUT2D eigenvalue weighted by molar-refractivity contribution is 0.0598. The van der Waals surface area contributed by atoms with Gasteiger partial charge in [0.15, 0.2) is 0 Å². The molecule has 1 rings (SSSR count). The van der Waals surface area contributed by atoms with Gasteiger partial charge < -0.3 is 0 Å². The second kappa shape index (κ2) is 3.37. The summed E-state index contributed by atoms with van der Waals surface area (Å²) in [5.41, 5.74) is 0. The Labute approximate surface area is 61.6 Å². The zero-order chi connectivity index (χ0) is 7.40. The average Bonchev–Trinajstić information content (AvgIpc) is 2.05. The molecule has 1 aliphatic rings. The quantitative estimate of drug-likeness (QED) is 0.561. The minimum atomic E-state index is 0.751. The van der Waals surface area contributed by atoms with Crippen molar-refractivity contribution < 1.29 is 0 Å². The molecule has 56 valence electrons. The van der Waals surface area contributed by atoms with E-state index in [1.807, 2.05) is 25.5 Å². The molecule has 0 radical (unpaired) electrons. The number of allylic oxidation sites excluding steroid dienone is 1. The Kier molecular flexibility index (Phi) is 2.45. The molecule has 3 nitrogen and oxygen atoms in total. The van der Waals surface area contributed by atoms with Crippen molar-refractivity contribution in [3.63, 3.8) is 0 Å². The third-order valence-electron chi connectivity index (χ3n) is 1.57. The van der Waals surface area contributed by atoms with Crippen molar-refractivity contribution in [2.24, 2.45) is 4.99 Å². The first-order valence-electron chi connectivity index (χ1n) is 3.49. The van der Waals surface area contributed by atoms with Crippen LogP contribution in [-0.2, 0) is 0 Å². The van der Waals surface area contributed by atoms with Gasteiger partial charge in [-0.3, -0.25) is 10.0 Å². The monoisotopic (exact) mass is 139 g/mol. The molecule has 1 aliphatic heterocycles. The van der Waals surface area contributed by atoms with Crippen LogP contribution in [0.25, 0.3) is 0 Å². The van der Waals surface area contributed by atoms with Crippen molar-refractivity contribution in [1.29, 1.82) is 0 Å². The van der Waals surface area contributed by atoms with Crippen LogP contribution in [0.15, 0.2) is 17.3 Å². The number of aliphatic imine (C=N–C) groups is 1. The SMILES string of the molecule is CCN(C)N1C=CC=NC1. The Bertz CT molecular complexity index is 151. The molecular formula is C7H13N3. The highest BCUT2D eigenvalue weighted by Gasteiger charge is 2.03. The first kappa shape index (κ1) is 7.28. The maximum absolute atomic E-state index is 4.10. The fourth-order valence-corrected chi connectivity index (χ4v) is 0.780. The highest BCUT2D eigenvalue weighted by Crippen LogP contribution is 1.98. The summed E-state index contributed by atoms with van der Waals surface area (Å²) in [4.78, 5) is 4.10. The number of hydrogen-bond donors (Lipinski definition) is 0. The Morgan fingerprint density at radius 3 is 3.00 bits per heavy atom. The molecule has 0 aromatic heterocycles. The van der Waals surface area contributed by atoms with Gasteiger partial charge in [-0.1, -0.05) is 6.92 Å². The first-order valence-corrected chi connectivity index (χ1v) is 3.49. The molecule has 0 fully saturated rings. The minimum absolute atomic E-state index is 0.751. The molecule has 1 heterocycles. The van der Waals surface area contributed by atoms with Gasteiger partial charge >= 0.3 is 0 Å². The van der Waals surface area contributed by atoms with Crippen molar-refractivity contribution in [2.45, 2.75) is 6.92 Å². The highest BCUT2D eigenvalue weighted by atomic mass is 15.6. The highest BCUT2D eigenvalue weighted by molar-refractivity contribution is 5.71. The van der Waals surface area contributed by atoms with Crippen molar-refractivity contribution >= 4 is 6.21 Å². The van der Waals surface area contributed by atoms with E-state index in [-0.39, 0.29) is 0 Å². The third-order valence-corrected chi connectivity index (χ3v) is 1.57. The molecule has 0 aromatic carbocycles. The van der Waals surface area contributed by atoms with E-state index in [4.69, 9.17) is 0 Å². The Morgan fingerprint density at radius 2 is 2.50 bits per heavy atom. The zero-order valence-corrected chi connectivity index (χ0v) is 6.49. The van der Waals surface area contributed by atoms with E-state index in [9.17, 15) is 0 Å². The van der Waals surface area contributed by atoms with Gasteiger partial charge in [0, 0.05) is 26.0 Å². The van der Waals surface area contributed by atoms with Crippen LogP contribution >= 0.6 is 0 Å². The van der Waals surface area contributed by atoms with Crippen LogP contribution < -0.4 is 0 Å². The Hall–Kier alpha value is -0.830. The summed E-state index contributed by atoms with van der Waals surface area (Å²) in [6.07, 6.45) is 5.78. The van der Waals surface area contributed by atoms with E-state index < -0.39 is 0 Å². The van der Waals surface area contributed by atoms with Crippen LogP contribution in [0.3, 0.4) is 0 Å². The molecule has 3 heteroatoms. The summed E-state index contributed by atoms with van der Waals surface area (Å²) >= 11 is 0. The maximum atomic E-state index is 4.10. The molecule has 0 saturated heterocycles. The molecular weight excluding hydrogens is 126 g/mol. The minimum Gasteiger partial charge on any atom is -0.292 e. The number of hydrogen-bond acceptors (Lipinski definition) is 3. The predicted molar refractivity (Wildman–Crippen MR) is 42.6 cm³/mol. The van der Waals surface area contributed by atoms with Crippen molar-refractivity contribution in [2.75, 3.05) is 20.3 Å². The van der Waals surface area contributed by atoms with Crippen LogP contribution in [0, 0.1) is 0 Å². The van der Waals surface area contributed by atoms with Crippen LogP contribution in [0.4, 0.5) is 0 Å². The zero-order valence-electron chi connectivity index (χ0n) is 6.49. The second-order valence-electron chi connectivity index (χ2n) is 2.23. The largest absolute Gasteiger partial charge is 0.292 e. The van der Waals surface area contributed by atoms with Gasteiger partial charge in [-0.25, -0.2) is 5.01 Å². The fourth-order valence-electron chi connectivity index (χ4n) is 0.780. The normalized spacial score (nSPS) is 16.9. The lowest BCUT2D eigenvalue weighted by Gasteiger charge is -2.29. The molecule has 0 atom stereocenters. The van der Waals surface area contributed by atoms with Gasteiger partial charge in [0.25, 0.3) is 0 Å². The topological polar surface area (TPSA) is 18.8 Å². The summed E-state index contributed by atoms with van der Waals surface area (Å²) in [5.74, 6) is 0. The molecule has 0 bridgehead atoms. The number of rotatable bonds is 2. The molecule has 0 saturated carbocycles. The summed E-state index contributed by atoms with van der Waals surface area (Å²) in [5, 5.41) is 4.19. The van der Waals surface area contributed by atoms with Gasteiger partial charge in [-0.2, -0.15) is 0 Å². The van der Waals surface area contributed by atoms with Gasteiger partial charge in [0.1, 0.15) is 6.67 Å². The predicted octanol–water partition coefficient (Wildman–Crippen LogP) is 0.711. The summed E-state index contributed by atoms with van der Waals surface area (Å²) in [6, 6.07) is 0. The number of nitrogens with zero attached hydrogens (tertiary/aromatic N) is 3. The molecule has 0 amide bonds. The van der Waals surface area contributed by atoms with E-state index in [0.717, 1.165) is 13.2 Å². The van der Waals surface area contributed by atoms with Crippen molar-refractivity contribution in [1.82, 2.24) is 10.0 Å². The summed E-state index contributed by atoms with van der Waals surface area (Å²) in [7, 11) is 2.05. The van der Waals surface area contributed by atoms with E-state index in [1.54, 1.807) is 0 Å². The van der Waals surface area contributed by atoms with Crippen molar-refractivity contribution in [3.05, 3.63) is 12.3 Å². The summed E-state index contributed by atoms with van der Waals surface area (Å²) in [6.45, 7) is 3.88. The second-order valence-corrected chi connectivity index (χ2v) is 2.23. The molecule has 0 N–H and O–H groups in total. The standard InChI is InChI=1S/C7H13N3/c1-3-9(2)10-6-4-5-8-7-10/h4-6H,3,7H2,1-2H3. The van der Waals surface area contributed by atoms with E-state index in [1.165, 1.54) is 0 Å². The molecule has 10 heavy (non-hydrogen) atoms. The fraction of sp³-hybridized carbons (Fsp3) is 0.571. The van der Waals surface area contributed by atoms with Crippen LogP contribution in [0.2, 0.25) is 0 Å². The van der Waals surface area contributed by atoms with Crippen LogP contribution in [-0.4, -0.2) is 36.5 Å². The van der Waals surface area contributed by atoms with Gasteiger partial charge in [0.05, 0.1) is 0 Å². The van der Waals surface area contributed by atoms with E-state index in [2.05, 4.69) is 21.9 Å². The lowest BCUT2D eigenvalue weighted by atomic mass is 10.6. The lowest BCUT2D eigenvalue weighted by Crippen LogP contribution is -2.36. The smallest absolute Gasteiger partial charge is 0.124 e. The Morgan fingerprint density at radius 1 is 1.70 bits per heavy atom. The molecule has 0 aromatic rings. The van der Waals surface area contributed by atoms with Gasteiger partial charge in [-0.15, -0.1) is 0 Å². The van der Waals surface area contributed by atoms with Crippen LogP contribution in [0.5, 0.6) is 0 Å². The molecule has 0 spiro atoms.